The maximum atomic E-state index is 12.8. The highest BCUT2D eigenvalue weighted by atomic mass is 35.5. The molecule has 0 spiro atoms. The minimum Gasteiger partial charge on any atom is -0.330 e. The summed E-state index contributed by atoms with van der Waals surface area (Å²) in [6.07, 6.45) is 1.97. The van der Waals surface area contributed by atoms with E-state index in [2.05, 4.69) is 16.9 Å². The first-order valence-electron chi connectivity index (χ1n) is 7.70. The highest BCUT2D eigenvalue weighted by molar-refractivity contribution is 5.98. The quantitative estimate of drug-likeness (QED) is 0.879. The third-order valence-corrected chi connectivity index (χ3v) is 4.95. The van der Waals surface area contributed by atoms with Gasteiger partial charge < -0.3 is 5.73 Å². The van der Waals surface area contributed by atoms with Crippen LogP contribution >= 0.6 is 24.8 Å². The molecule has 2 fully saturated rings. The Labute approximate surface area is 150 Å². The van der Waals surface area contributed by atoms with Gasteiger partial charge in [-0.1, -0.05) is 6.92 Å². The van der Waals surface area contributed by atoms with Gasteiger partial charge in [-0.15, -0.1) is 24.8 Å². The minimum absolute atomic E-state index is 0. The van der Waals surface area contributed by atoms with Gasteiger partial charge >= 0.3 is 0 Å². The molecule has 3 rings (SSSR count). The van der Waals surface area contributed by atoms with E-state index in [1.807, 2.05) is 24.9 Å². The molecule has 0 aliphatic carbocycles. The number of nitrogens with zero attached hydrogens (tertiary/aromatic N) is 4. The van der Waals surface area contributed by atoms with Crippen LogP contribution < -0.4 is 10.6 Å². The van der Waals surface area contributed by atoms with Gasteiger partial charge in [-0.05, 0) is 38.3 Å². The predicted octanol–water partition coefficient (Wildman–Crippen LogP) is 1.35. The number of aryl methyl sites for hydroxylation is 2. The fourth-order valence-corrected chi connectivity index (χ4v) is 3.58. The molecule has 0 radical (unpaired) electrons. The summed E-state index contributed by atoms with van der Waals surface area (Å²) in [5, 5.41) is 4.34. The third kappa shape index (κ3) is 3.65. The van der Waals surface area contributed by atoms with E-state index in [4.69, 9.17) is 5.73 Å². The molecule has 2 saturated heterocycles. The second kappa shape index (κ2) is 7.38. The Hall–Kier alpha value is -0.820. The lowest BCUT2D eigenvalue weighted by atomic mass is 9.90. The van der Waals surface area contributed by atoms with E-state index in [1.165, 1.54) is 0 Å². The Bertz CT molecular complexity index is 564. The first-order chi connectivity index (χ1) is 9.93. The number of halogens is 2. The van der Waals surface area contributed by atoms with E-state index in [1.54, 1.807) is 4.68 Å². The molecule has 0 aromatic carbocycles. The Morgan fingerprint density at radius 3 is 2.61 bits per heavy atom. The van der Waals surface area contributed by atoms with Crippen LogP contribution in [0.1, 0.15) is 25.5 Å². The summed E-state index contributed by atoms with van der Waals surface area (Å²) in [6, 6.07) is 1.99. The van der Waals surface area contributed by atoms with Crippen molar-refractivity contribution < 1.29 is 4.79 Å². The molecule has 23 heavy (non-hydrogen) atoms. The van der Waals surface area contributed by atoms with Gasteiger partial charge in [0.1, 0.15) is 5.82 Å². The third-order valence-electron chi connectivity index (χ3n) is 4.95. The number of rotatable bonds is 3. The summed E-state index contributed by atoms with van der Waals surface area (Å²) < 4.78 is 1.80. The zero-order chi connectivity index (χ0) is 15.2. The zero-order valence-corrected chi connectivity index (χ0v) is 15.6. The number of likely N-dealkylation sites (tertiary alicyclic amines) is 1. The summed E-state index contributed by atoms with van der Waals surface area (Å²) in [6.45, 7) is 7.54. The molecular weight excluding hydrogens is 337 g/mol. The van der Waals surface area contributed by atoms with Gasteiger partial charge in [-0.2, -0.15) is 5.10 Å². The number of carbonyl (C=O) groups is 1. The Morgan fingerprint density at radius 2 is 2.09 bits per heavy atom. The molecule has 1 amide bonds. The standard InChI is InChI=1S/C15H25N5O.2ClH/c1-11-8-13(18(3)17-11)20-6-4-12(14(20)21)19-7-5-15(2,9-16)10-19;;/h8,12H,4-7,9-10,16H2,1-3H3;2*1H. The fraction of sp³-hybridized carbons (Fsp3) is 0.733. The minimum atomic E-state index is 0. The highest BCUT2D eigenvalue weighted by Crippen LogP contribution is 2.33. The van der Waals surface area contributed by atoms with E-state index >= 15 is 0 Å². The molecule has 132 valence electrons. The van der Waals surface area contributed by atoms with E-state index < -0.39 is 0 Å². The molecule has 1 aromatic heterocycles. The van der Waals surface area contributed by atoms with Gasteiger partial charge in [-0.25, -0.2) is 0 Å². The van der Waals surface area contributed by atoms with Crippen LogP contribution in [0.4, 0.5) is 5.82 Å². The molecule has 1 aromatic rings. The molecule has 3 heterocycles. The van der Waals surface area contributed by atoms with E-state index in [-0.39, 0.29) is 42.2 Å². The van der Waals surface area contributed by atoms with Crippen LogP contribution in [-0.2, 0) is 11.8 Å². The Balaban J connectivity index is 0.00000132. The summed E-state index contributed by atoms with van der Waals surface area (Å²) >= 11 is 0. The van der Waals surface area contributed by atoms with Crippen LogP contribution in [0.25, 0.3) is 0 Å². The SMILES string of the molecule is Cc1cc(N2CCC(N3CCC(C)(CN)C3)C2=O)n(C)n1.Cl.Cl. The lowest BCUT2D eigenvalue weighted by Gasteiger charge is -2.26. The smallest absolute Gasteiger partial charge is 0.245 e. The lowest BCUT2D eigenvalue weighted by Crippen LogP contribution is -2.42. The Morgan fingerprint density at radius 1 is 1.39 bits per heavy atom. The van der Waals surface area contributed by atoms with Gasteiger partial charge in [0.15, 0.2) is 0 Å². The highest BCUT2D eigenvalue weighted by Gasteiger charge is 2.43. The van der Waals surface area contributed by atoms with E-state index in [0.29, 0.717) is 6.54 Å². The number of amides is 1. The lowest BCUT2D eigenvalue weighted by molar-refractivity contribution is -0.121. The molecule has 2 unspecified atom stereocenters. The topological polar surface area (TPSA) is 67.4 Å². The molecule has 0 bridgehead atoms. The van der Waals surface area contributed by atoms with Gasteiger partial charge in [0, 0.05) is 26.2 Å². The van der Waals surface area contributed by atoms with Crippen molar-refractivity contribution in [3.8, 4) is 0 Å². The van der Waals surface area contributed by atoms with Crippen LogP contribution in [0.3, 0.4) is 0 Å². The number of nitrogens with two attached hydrogens (primary N) is 1. The van der Waals surface area contributed by atoms with Gasteiger partial charge in [-0.3, -0.25) is 19.3 Å². The summed E-state index contributed by atoms with van der Waals surface area (Å²) in [4.78, 5) is 17.0. The fourth-order valence-electron chi connectivity index (χ4n) is 3.58. The summed E-state index contributed by atoms with van der Waals surface area (Å²) in [5.74, 6) is 1.11. The molecule has 2 N–H and O–H groups in total. The van der Waals surface area contributed by atoms with E-state index in [9.17, 15) is 4.79 Å². The molecular formula is C15H27Cl2N5O. The van der Waals surface area contributed by atoms with Gasteiger partial charge in [0.05, 0.1) is 11.7 Å². The first-order valence-corrected chi connectivity index (χ1v) is 7.70. The van der Waals surface area contributed by atoms with Crippen molar-refractivity contribution in [3.05, 3.63) is 11.8 Å². The van der Waals surface area contributed by atoms with Crippen LogP contribution in [0.2, 0.25) is 0 Å². The molecule has 6 nitrogen and oxygen atoms in total. The maximum absolute atomic E-state index is 12.8. The van der Waals surface area contributed by atoms with Crippen molar-refractivity contribution in [2.24, 2.45) is 18.2 Å². The first kappa shape index (κ1) is 20.2. The number of aromatic nitrogens is 2. The zero-order valence-electron chi connectivity index (χ0n) is 14.0. The molecule has 2 aliphatic heterocycles. The normalized spacial score (nSPS) is 27.9. The van der Waals surface area contributed by atoms with Crippen molar-refractivity contribution in [2.45, 2.75) is 32.7 Å². The summed E-state index contributed by atoms with van der Waals surface area (Å²) in [5.41, 5.74) is 6.98. The van der Waals surface area contributed by atoms with E-state index in [0.717, 1.165) is 44.0 Å². The summed E-state index contributed by atoms with van der Waals surface area (Å²) in [7, 11) is 1.89. The monoisotopic (exact) mass is 363 g/mol. The average molecular weight is 364 g/mol. The molecule has 2 aliphatic rings. The van der Waals surface area contributed by atoms with Crippen LogP contribution in [0.15, 0.2) is 6.07 Å². The largest absolute Gasteiger partial charge is 0.330 e. The van der Waals surface area contributed by atoms with Crippen molar-refractivity contribution in [3.63, 3.8) is 0 Å². The van der Waals surface area contributed by atoms with Gasteiger partial charge in [0.25, 0.3) is 0 Å². The number of carbonyl (C=O) groups excluding carboxylic acids is 1. The average Bonchev–Trinajstić information content (AvgIpc) is 3.09. The second-order valence-corrected chi connectivity index (χ2v) is 6.80. The molecule has 8 heteroatoms. The second-order valence-electron chi connectivity index (χ2n) is 6.80. The van der Waals surface area contributed by atoms with Crippen molar-refractivity contribution in [1.82, 2.24) is 14.7 Å². The van der Waals surface area contributed by atoms with Crippen molar-refractivity contribution >= 4 is 36.5 Å². The number of anilines is 1. The van der Waals surface area contributed by atoms with Crippen LogP contribution in [0, 0.1) is 12.3 Å². The molecule has 0 saturated carbocycles. The predicted molar refractivity (Wildman–Crippen MR) is 96.6 cm³/mol. The van der Waals surface area contributed by atoms with Gasteiger partial charge in [0.2, 0.25) is 5.91 Å². The number of hydrogen-bond acceptors (Lipinski definition) is 4. The maximum Gasteiger partial charge on any atom is 0.245 e. The van der Waals surface area contributed by atoms with Crippen LogP contribution in [-0.4, -0.2) is 52.8 Å². The van der Waals surface area contributed by atoms with Crippen molar-refractivity contribution in [2.75, 3.05) is 31.1 Å². The van der Waals surface area contributed by atoms with Crippen LogP contribution in [0.5, 0.6) is 0 Å². The Kier molecular flexibility index (Phi) is 6.49. The number of hydrogen-bond donors (Lipinski definition) is 1. The molecule has 2 atom stereocenters. The van der Waals surface area contributed by atoms with Crippen molar-refractivity contribution in [1.29, 1.82) is 0 Å².